The highest BCUT2D eigenvalue weighted by Gasteiger charge is 2.20. The maximum Gasteiger partial charge on any atom is 0.0716 e. The Bertz CT molecular complexity index is 119. The first-order chi connectivity index (χ1) is 5.84. The standard InChI is InChI=1S/C9H19NO2/c1-2-12-10-8-6-4-3-5-7-9(8)11/h8-11H,2-7H2,1H3. The van der Waals surface area contributed by atoms with Gasteiger partial charge in [-0.1, -0.05) is 19.3 Å². The first-order valence-electron chi connectivity index (χ1n) is 4.90. The van der Waals surface area contributed by atoms with Crippen LogP contribution in [0.1, 0.15) is 39.0 Å². The van der Waals surface area contributed by atoms with Crippen LogP contribution in [0.15, 0.2) is 0 Å². The predicted octanol–water partition coefficient (Wildman–Crippen LogP) is 1.22. The molecule has 2 atom stereocenters. The van der Waals surface area contributed by atoms with Crippen molar-refractivity contribution in [2.24, 2.45) is 0 Å². The maximum absolute atomic E-state index is 9.63. The molecule has 2 unspecified atom stereocenters. The van der Waals surface area contributed by atoms with Crippen LogP contribution in [-0.4, -0.2) is 23.9 Å². The molecule has 0 aliphatic heterocycles. The predicted molar refractivity (Wildman–Crippen MR) is 47.6 cm³/mol. The van der Waals surface area contributed by atoms with Gasteiger partial charge in [0.2, 0.25) is 0 Å². The highest BCUT2D eigenvalue weighted by atomic mass is 16.6. The minimum Gasteiger partial charge on any atom is -0.391 e. The summed E-state index contributed by atoms with van der Waals surface area (Å²) < 4.78 is 0. The molecular weight excluding hydrogens is 154 g/mol. The molecule has 3 nitrogen and oxygen atoms in total. The lowest BCUT2D eigenvalue weighted by molar-refractivity contribution is -0.0190. The van der Waals surface area contributed by atoms with Gasteiger partial charge >= 0.3 is 0 Å². The van der Waals surface area contributed by atoms with E-state index in [1.165, 1.54) is 12.8 Å². The molecule has 12 heavy (non-hydrogen) atoms. The smallest absolute Gasteiger partial charge is 0.0716 e. The quantitative estimate of drug-likeness (QED) is 0.498. The number of hydroxylamine groups is 1. The molecule has 0 aromatic heterocycles. The van der Waals surface area contributed by atoms with Crippen LogP contribution in [0.5, 0.6) is 0 Å². The lowest BCUT2D eigenvalue weighted by atomic mass is 10.1. The van der Waals surface area contributed by atoms with E-state index in [0.29, 0.717) is 6.61 Å². The van der Waals surface area contributed by atoms with Gasteiger partial charge in [-0.3, -0.25) is 0 Å². The van der Waals surface area contributed by atoms with Crippen LogP contribution < -0.4 is 5.48 Å². The van der Waals surface area contributed by atoms with Crippen molar-refractivity contribution in [3.8, 4) is 0 Å². The number of hydrogen-bond acceptors (Lipinski definition) is 3. The second kappa shape index (κ2) is 5.51. The topological polar surface area (TPSA) is 41.5 Å². The van der Waals surface area contributed by atoms with Gasteiger partial charge in [0.15, 0.2) is 0 Å². The summed E-state index contributed by atoms with van der Waals surface area (Å²) >= 11 is 0. The van der Waals surface area contributed by atoms with Crippen LogP contribution in [0, 0.1) is 0 Å². The summed E-state index contributed by atoms with van der Waals surface area (Å²) in [6.45, 7) is 2.60. The van der Waals surface area contributed by atoms with Gasteiger partial charge in [-0.15, -0.1) is 0 Å². The van der Waals surface area contributed by atoms with E-state index in [-0.39, 0.29) is 12.1 Å². The average molecular weight is 173 g/mol. The van der Waals surface area contributed by atoms with Crippen molar-refractivity contribution in [3.05, 3.63) is 0 Å². The van der Waals surface area contributed by atoms with E-state index in [4.69, 9.17) is 4.84 Å². The molecule has 0 radical (unpaired) electrons. The maximum atomic E-state index is 9.63. The van der Waals surface area contributed by atoms with Gasteiger partial charge in [0.05, 0.1) is 18.8 Å². The number of nitrogens with one attached hydrogen (secondary N) is 1. The zero-order chi connectivity index (χ0) is 8.81. The Labute approximate surface area is 74.1 Å². The molecule has 3 heteroatoms. The molecular formula is C9H19NO2. The van der Waals surface area contributed by atoms with Crippen LogP contribution in [0.4, 0.5) is 0 Å². The highest BCUT2D eigenvalue weighted by molar-refractivity contribution is 4.75. The molecule has 0 spiro atoms. The summed E-state index contributed by atoms with van der Waals surface area (Å²) in [5.41, 5.74) is 2.91. The second-order valence-corrected chi connectivity index (χ2v) is 3.36. The highest BCUT2D eigenvalue weighted by Crippen LogP contribution is 2.17. The lowest BCUT2D eigenvalue weighted by Crippen LogP contribution is -2.39. The van der Waals surface area contributed by atoms with Crippen molar-refractivity contribution >= 4 is 0 Å². The Morgan fingerprint density at radius 2 is 2.08 bits per heavy atom. The summed E-state index contributed by atoms with van der Waals surface area (Å²) in [6.07, 6.45) is 5.29. The molecule has 0 saturated heterocycles. The molecule has 72 valence electrons. The summed E-state index contributed by atoms with van der Waals surface area (Å²) in [5, 5.41) is 9.63. The molecule has 1 saturated carbocycles. The SMILES string of the molecule is CCONC1CCCCCC1O. The molecule has 0 aromatic rings. The summed E-state index contributed by atoms with van der Waals surface area (Å²) in [7, 11) is 0. The van der Waals surface area contributed by atoms with Crippen molar-refractivity contribution in [2.75, 3.05) is 6.61 Å². The Kier molecular flexibility index (Phi) is 4.58. The molecule has 1 fully saturated rings. The number of aliphatic hydroxyl groups is 1. The molecule has 0 bridgehead atoms. The molecule has 1 aliphatic rings. The number of rotatable bonds is 3. The van der Waals surface area contributed by atoms with Gasteiger partial charge in [-0.2, -0.15) is 5.48 Å². The van der Waals surface area contributed by atoms with Gasteiger partial charge in [-0.25, -0.2) is 0 Å². The molecule has 1 rings (SSSR count). The van der Waals surface area contributed by atoms with Gasteiger partial charge in [0.1, 0.15) is 0 Å². The zero-order valence-corrected chi connectivity index (χ0v) is 7.75. The van der Waals surface area contributed by atoms with Crippen LogP contribution >= 0.6 is 0 Å². The largest absolute Gasteiger partial charge is 0.391 e. The van der Waals surface area contributed by atoms with Crippen LogP contribution in [0.3, 0.4) is 0 Å². The summed E-state index contributed by atoms with van der Waals surface area (Å²) in [5.74, 6) is 0. The summed E-state index contributed by atoms with van der Waals surface area (Å²) in [6, 6.07) is 0.146. The second-order valence-electron chi connectivity index (χ2n) is 3.36. The van der Waals surface area contributed by atoms with Gasteiger partial charge in [0, 0.05) is 0 Å². The Balaban J connectivity index is 2.26. The molecule has 0 heterocycles. The van der Waals surface area contributed by atoms with E-state index >= 15 is 0 Å². The van der Waals surface area contributed by atoms with Crippen molar-refractivity contribution in [2.45, 2.75) is 51.2 Å². The number of hydrogen-bond donors (Lipinski definition) is 2. The Morgan fingerprint density at radius 3 is 2.83 bits per heavy atom. The first kappa shape index (κ1) is 9.96. The van der Waals surface area contributed by atoms with E-state index in [1.54, 1.807) is 0 Å². The van der Waals surface area contributed by atoms with E-state index in [1.807, 2.05) is 6.92 Å². The van der Waals surface area contributed by atoms with E-state index in [0.717, 1.165) is 19.3 Å². The minimum absolute atomic E-state index is 0.146. The third kappa shape index (κ3) is 3.09. The normalized spacial score (nSPS) is 31.5. The molecule has 0 aromatic carbocycles. The third-order valence-corrected chi connectivity index (χ3v) is 2.36. The average Bonchev–Trinajstić information content (AvgIpc) is 2.27. The lowest BCUT2D eigenvalue weighted by Gasteiger charge is -2.20. The van der Waals surface area contributed by atoms with Crippen molar-refractivity contribution in [1.29, 1.82) is 0 Å². The molecule has 1 aliphatic carbocycles. The van der Waals surface area contributed by atoms with Crippen LogP contribution in [0.2, 0.25) is 0 Å². The van der Waals surface area contributed by atoms with Crippen LogP contribution in [-0.2, 0) is 4.84 Å². The molecule has 0 amide bonds. The Morgan fingerprint density at radius 1 is 1.33 bits per heavy atom. The van der Waals surface area contributed by atoms with Crippen molar-refractivity contribution in [3.63, 3.8) is 0 Å². The third-order valence-electron chi connectivity index (χ3n) is 2.36. The first-order valence-corrected chi connectivity index (χ1v) is 4.90. The van der Waals surface area contributed by atoms with Gasteiger partial charge in [0.25, 0.3) is 0 Å². The molecule has 2 N–H and O–H groups in total. The van der Waals surface area contributed by atoms with E-state index in [2.05, 4.69) is 5.48 Å². The van der Waals surface area contributed by atoms with E-state index < -0.39 is 0 Å². The summed E-state index contributed by atoms with van der Waals surface area (Å²) in [4.78, 5) is 5.09. The van der Waals surface area contributed by atoms with Crippen molar-refractivity contribution in [1.82, 2.24) is 5.48 Å². The van der Waals surface area contributed by atoms with E-state index in [9.17, 15) is 5.11 Å². The van der Waals surface area contributed by atoms with Gasteiger partial charge in [-0.05, 0) is 19.8 Å². The number of aliphatic hydroxyl groups excluding tert-OH is 1. The Hall–Kier alpha value is -0.120. The minimum atomic E-state index is -0.223. The van der Waals surface area contributed by atoms with Crippen molar-refractivity contribution < 1.29 is 9.94 Å². The monoisotopic (exact) mass is 173 g/mol. The fourth-order valence-electron chi connectivity index (χ4n) is 1.62. The zero-order valence-electron chi connectivity index (χ0n) is 7.75. The van der Waals surface area contributed by atoms with Gasteiger partial charge < -0.3 is 9.94 Å². The van der Waals surface area contributed by atoms with Crippen LogP contribution in [0.25, 0.3) is 0 Å². The fraction of sp³-hybridized carbons (Fsp3) is 1.00. The fourth-order valence-corrected chi connectivity index (χ4v) is 1.62.